The molecule has 0 fully saturated rings. The normalized spacial score (nSPS) is 15.3. The molecule has 0 atom stereocenters. The molecule has 1 aliphatic heterocycles. The molecule has 1 aliphatic rings. The van der Waals surface area contributed by atoms with Crippen LogP contribution in [-0.4, -0.2) is 23.1 Å². The lowest BCUT2D eigenvalue weighted by atomic mass is 10.0. The summed E-state index contributed by atoms with van der Waals surface area (Å²) in [4.78, 5) is 3.97. The lowest BCUT2D eigenvalue weighted by Crippen LogP contribution is -2.27. The third-order valence-corrected chi connectivity index (χ3v) is 6.21. The Bertz CT molecular complexity index is 856. The fourth-order valence-electron chi connectivity index (χ4n) is 3.83. The number of rotatable bonds is 3. The van der Waals surface area contributed by atoms with Gasteiger partial charge < -0.3 is 9.47 Å². The van der Waals surface area contributed by atoms with E-state index in [1.807, 2.05) is 11.3 Å². The average molecular weight is 324 g/mol. The highest BCUT2D eigenvalue weighted by molar-refractivity contribution is 7.10. The maximum absolute atomic E-state index is 2.59. The summed E-state index contributed by atoms with van der Waals surface area (Å²) in [6.45, 7) is 7.78. The van der Waals surface area contributed by atoms with Gasteiger partial charge in [0.25, 0.3) is 0 Å². The molecule has 1 aromatic carbocycles. The first kappa shape index (κ1) is 15.0. The molecule has 0 radical (unpaired) electrons. The number of benzene rings is 1. The van der Waals surface area contributed by atoms with Crippen molar-refractivity contribution in [2.45, 2.75) is 39.8 Å². The predicted octanol–water partition coefficient (Wildman–Crippen LogP) is 4.55. The molecular formula is C20H24N2S. The van der Waals surface area contributed by atoms with Crippen molar-refractivity contribution in [1.29, 1.82) is 0 Å². The SMILES string of the molecule is Cc1ccc2c(c1)c1c(n2CCc2sccc2C)CCN(C)C1. The molecule has 4 rings (SSSR count). The van der Waals surface area contributed by atoms with Gasteiger partial charge in [-0.15, -0.1) is 11.3 Å². The molecule has 2 aromatic heterocycles. The van der Waals surface area contributed by atoms with E-state index in [1.54, 1.807) is 11.3 Å². The van der Waals surface area contributed by atoms with Gasteiger partial charge >= 0.3 is 0 Å². The molecule has 0 bridgehead atoms. The van der Waals surface area contributed by atoms with Crippen molar-refractivity contribution in [2.75, 3.05) is 13.6 Å². The van der Waals surface area contributed by atoms with Gasteiger partial charge in [0.05, 0.1) is 0 Å². The Balaban J connectivity index is 1.78. The fourth-order valence-corrected chi connectivity index (χ4v) is 4.73. The van der Waals surface area contributed by atoms with Gasteiger partial charge in [-0.25, -0.2) is 0 Å². The van der Waals surface area contributed by atoms with Gasteiger partial charge in [0.15, 0.2) is 0 Å². The second-order valence-corrected chi connectivity index (χ2v) is 7.86. The van der Waals surface area contributed by atoms with E-state index in [4.69, 9.17) is 0 Å². The number of fused-ring (bicyclic) bond motifs is 3. The van der Waals surface area contributed by atoms with Crippen LogP contribution >= 0.6 is 11.3 Å². The summed E-state index contributed by atoms with van der Waals surface area (Å²) in [6, 6.07) is 9.19. The van der Waals surface area contributed by atoms with E-state index < -0.39 is 0 Å². The van der Waals surface area contributed by atoms with Gasteiger partial charge in [-0.05, 0) is 62.0 Å². The number of hydrogen-bond donors (Lipinski definition) is 0. The first-order valence-corrected chi connectivity index (χ1v) is 9.33. The zero-order chi connectivity index (χ0) is 16.0. The van der Waals surface area contributed by atoms with E-state index in [9.17, 15) is 0 Å². The largest absolute Gasteiger partial charge is 0.344 e. The van der Waals surface area contributed by atoms with E-state index >= 15 is 0 Å². The zero-order valence-electron chi connectivity index (χ0n) is 14.2. The molecule has 0 spiro atoms. The second kappa shape index (κ2) is 5.81. The molecule has 3 heterocycles. The van der Waals surface area contributed by atoms with Crippen LogP contribution in [0.2, 0.25) is 0 Å². The molecule has 3 aromatic rings. The van der Waals surface area contributed by atoms with Crippen LogP contribution in [0.15, 0.2) is 29.6 Å². The van der Waals surface area contributed by atoms with Crippen LogP contribution in [0.25, 0.3) is 10.9 Å². The number of likely N-dealkylation sites (N-methyl/N-ethyl adjacent to an activating group) is 1. The smallest absolute Gasteiger partial charge is 0.0486 e. The average Bonchev–Trinajstić information content (AvgIpc) is 3.06. The summed E-state index contributed by atoms with van der Waals surface area (Å²) in [5, 5.41) is 3.68. The van der Waals surface area contributed by atoms with Crippen molar-refractivity contribution in [1.82, 2.24) is 9.47 Å². The van der Waals surface area contributed by atoms with Crippen LogP contribution < -0.4 is 0 Å². The van der Waals surface area contributed by atoms with Crippen molar-refractivity contribution in [3.8, 4) is 0 Å². The fraction of sp³-hybridized carbons (Fsp3) is 0.400. The van der Waals surface area contributed by atoms with Crippen molar-refractivity contribution in [2.24, 2.45) is 0 Å². The standard InChI is InChI=1S/C20H24N2S/c1-14-4-5-18-16(12-14)17-13-21(3)9-6-19(17)22(18)10-7-20-15(2)8-11-23-20/h4-5,8,11-12H,6-7,9-10,13H2,1-3H3. The minimum atomic E-state index is 1.08. The molecule has 0 N–H and O–H groups in total. The van der Waals surface area contributed by atoms with Crippen molar-refractivity contribution >= 4 is 22.2 Å². The Morgan fingerprint density at radius 3 is 2.83 bits per heavy atom. The quantitative estimate of drug-likeness (QED) is 0.686. The summed E-state index contributed by atoms with van der Waals surface area (Å²) in [5.74, 6) is 0. The molecule has 2 nitrogen and oxygen atoms in total. The molecule has 120 valence electrons. The number of aromatic nitrogens is 1. The van der Waals surface area contributed by atoms with Crippen molar-refractivity contribution in [3.63, 3.8) is 0 Å². The maximum atomic E-state index is 2.59. The molecule has 0 aliphatic carbocycles. The van der Waals surface area contributed by atoms with E-state index in [0.29, 0.717) is 0 Å². The minimum absolute atomic E-state index is 1.08. The highest BCUT2D eigenvalue weighted by atomic mass is 32.1. The number of hydrogen-bond acceptors (Lipinski definition) is 2. The monoisotopic (exact) mass is 324 g/mol. The Hall–Kier alpha value is -1.58. The Kier molecular flexibility index (Phi) is 3.78. The lowest BCUT2D eigenvalue weighted by Gasteiger charge is -2.24. The Morgan fingerprint density at radius 2 is 2.04 bits per heavy atom. The van der Waals surface area contributed by atoms with E-state index in [1.165, 1.54) is 39.9 Å². The summed E-state index contributed by atoms with van der Waals surface area (Å²) in [5.41, 5.74) is 7.35. The zero-order valence-corrected chi connectivity index (χ0v) is 15.0. The van der Waals surface area contributed by atoms with Crippen LogP contribution in [0.5, 0.6) is 0 Å². The van der Waals surface area contributed by atoms with E-state index in [0.717, 1.165) is 19.5 Å². The highest BCUT2D eigenvalue weighted by Gasteiger charge is 2.22. The number of nitrogens with zero attached hydrogens (tertiary/aromatic N) is 2. The molecular weight excluding hydrogens is 300 g/mol. The molecule has 0 saturated carbocycles. The first-order valence-electron chi connectivity index (χ1n) is 8.45. The molecule has 0 amide bonds. The summed E-state index contributed by atoms with van der Waals surface area (Å²) >= 11 is 1.90. The second-order valence-electron chi connectivity index (χ2n) is 6.86. The molecule has 0 unspecified atom stereocenters. The topological polar surface area (TPSA) is 8.17 Å². The van der Waals surface area contributed by atoms with Gasteiger partial charge in [0, 0.05) is 47.5 Å². The third-order valence-electron chi connectivity index (χ3n) is 5.13. The predicted molar refractivity (Wildman–Crippen MR) is 99.5 cm³/mol. The van der Waals surface area contributed by atoms with E-state index in [-0.39, 0.29) is 0 Å². The number of aryl methyl sites for hydroxylation is 4. The van der Waals surface area contributed by atoms with Gasteiger partial charge in [-0.3, -0.25) is 0 Å². The molecule has 0 saturated heterocycles. The van der Waals surface area contributed by atoms with Crippen LogP contribution in [-0.2, 0) is 25.9 Å². The first-order chi connectivity index (χ1) is 11.1. The van der Waals surface area contributed by atoms with Crippen LogP contribution in [0.1, 0.15) is 27.3 Å². The van der Waals surface area contributed by atoms with Crippen molar-refractivity contribution in [3.05, 3.63) is 56.9 Å². The van der Waals surface area contributed by atoms with E-state index in [2.05, 4.69) is 60.0 Å². The van der Waals surface area contributed by atoms with Crippen LogP contribution in [0.3, 0.4) is 0 Å². The minimum Gasteiger partial charge on any atom is -0.344 e. The summed E-state index contributed by atoms with van der Waals surface area (Å²) in [7, 11) is 2.23. The van der Waals surface area contributed by atoms with Gasteiger partial charge in [-0.2, -0.15) is 0 Å². The van der Waals surface area contributed by atoms with Crippen LogP contribution in [0.4, 0.5) is 0 Å². The third kappa shape index (κ3) is 2.62. The van der Waals surface area contributed by atoms with Gasteiger partial charge in [0.2, 0.25) is 0 Å². The molecule has 23 heavy (non-hydrogen) atoms. The highest BCUT2D eigenvalue weighted by Crippen LogP contribution is 2.32. The Morgan fingerprint density at radius 1 is 1.17 bits per heavy atom. The summed E-state index contributed by atoms with van der Waals surface area (Å²) in [6.07, 6.45) is 2.31. The Labute approximate surface area is 142 Å². The van der Waals surface area contributed by atoms with Gasteiger partial charge in [0.1, 0.15) is 0 Å². The maximum Gasteiger partial charge on any atom is 0.0486 e. The number of thiophene rings is 1. The van der Waals surface area contributed by atoms with Crippen LogP contribution in [0, 0.1) is 13.8 Å². The lowest BCUT2D eigenvalue weighted by molar-refractivity contribution is 0.309. The van der Waals surface area contributed by atoms with Crippen molar-refractivity contribution < 1.29 is 0 Å². The summed E-state index contributed by atoms with van der Waals surface area (Å²) < 4.78 is 2.59. The van der Waals surface area contributed by atoms with Gasteiger partial charge in [-0.1, -0.05) is 11.6 Å². The molecule has 3 heteroatoms.